The highest BCUT2D eigenvalue weighted by atomic mass is 35.5. The number of hydrogen-bond acceptors (Lipinski definition) is 2. The van der Waals surface area contributed by atoms with Crippen LogP contribution < -0.4 is 5.32 Å². The summed E-state index contributed by atoms with van der Waals surface area (Å²) >= 11 is 0. The van der Waals surface area contributed by atoms with Crippen molar-refractivity contribution in [1.29, 1.82) is 0 Å². The summed E-state index contributed by atoms with van der Waals surface area (Å²) in [6.45, 7) is 5.78. The van der Waals surface area contributed by atoms with Crippen LogP contribution in [0.4, 0.5) is 0 Å². The largest absolute Gasteiger partial charge is 0.314 e. The van der Waals surface area contributed by atoms with Crippen LogP contribution in [-0.4, -0.2) is 31.1 Å². The van der Waals surface area contributed by atoms with Crippen molar-refractivity contribution < 1.29 is 0 Å². The molecule has 2 aliphatic rings. The Balaban J connectivity index is 0.00000192. The number of halogens is 1. The standard InChI is InChI=1S/C20H32N2.ClH/c1-2-6-18(7-3-1)8-4-9-19-10-5-11-20(16-19)17-22-14-12-21-13-15-22;/h5,10-11,16,18,21H,1-4,6-9,12-15,17H2;1H. The lowest BCUT2D eigenvalue weighted by molar-refractivity contribution is 0.233. The molecule has 0 unspecified atom stereocenters. The SMILES string of the molecule is Cl.c1cc(CCCC2CCCCC2)cc(CN2CCNCC2)c1. The molecule has 1 saturated heterocycles. The van der Waals surface area contributed by atoms with Gasteiger partial charge in [-0.3, -0.25) is 4.90 Å². The van der Waals surface area contributed by atoms with E-state index in [0.29, 0.717) is 0 Å². The molecule has 1 aliphatic heterocycles. The van der Waals surface area contributed by atoms with Gasteiger partial charge in [0.2, 0.25) is 0 Å². The number of nitrogens with one attached hydrogen (secondary N) is 1. The van der Waals surface area contributed by atoms with Gasteiger partial charge in [-0.1, -0.05) is 62.8 Å². The van der Waals surface area contributed by atoms with Gasteiger partial charge in [0.1, 0.15) is 0 Å². The second kappa shape index (κ2) is 10.3. The Morgan fingerprint density at radius 2 is 1.74 bits per heavy atom. The van der Waals surface area contributed by atoms with Gasteiger partial charge in [0, 0.05) is 32.7 Å². The van der Waals surface area contributed by atoms with E-state index < -0.39 is 0 Å². The van der Waals surface area contributed by atoms with E-state index in [1.165, 1.54) is 70.0 Å². The Kier molecular flexibility index (Phi) is 8.43. The van der Waals surface area contributed by atoms with E-state index in [1.807, 2.05) is 0 Å². The molecule has 0 spiro atoms. The molecule has 23 heavy (non-hydrogen) atoms. The van der Waals surface area contributed by atoms with Gasteiger partial charge in [-0.05, 0) is 29.9 Å². The monoisotopic (exact) mass is 336 g/mol. The van der Waals surface area contributed by atoms with Gasteiger partial charge in [0.05, 0.1) is 0 Å². The van der Waals surface area contributed by atoms with Crippen LogP contribution in [0.1, 0.15) is 56.1 Å². The lowest BCUT2D eigenvalue weighted by Gasteiger charge is -2.27. The van der Waals surface area contributed by atoms with Gasteiger partial charge >= 0.3 is 0 Å². The van der Waals surface area contributed by atoms with Gasteiger partial charge in [-0.15, -0.1) is 12.4 Å². The number of hydrogen-bond donors (Lipinski definition) is 1. The summed E-state index contributed by atoms with van der Waals surface area (Å²) in [7, 11) is 0. The van der Waals surface area contributed by atoms with E-state index in [1.54, 1.807) is 5.56 Å². The van der Waals surface area contributed by atoms with Crippen LogP contribution in [0, 0.1) is 5.92 Å². The smallest absolute Gasteiger partial charge is 0.0234 e. The summed E-state index contributed by atoms with van der Waals surface area (Å²) < 4.78 is 0. The zero-order valence-corrected chi connectivity index (χ0v) is 15.3. The molecule has 0 bridgehead atoms. The Hall–Kier alpha value is -0.570. The molecule has 2 fully saturated rings. The van der Waals surface area contributed by atoms with Crippen molar-refractivity contribution in [2.75, 3.05) is 26.2 Å². The molecule has 0 radical (unpaired) electrons. The third-order valence-corrected chi connectivity index (χ3v) is 5.41. The average molecular weight is 337 g/mol. The average Bonchev–Trinajstić information content (AvgIpc) is 2.57. The van der Waals surface area contributed by atoms with Crippen LogP contribution in [0.5, 0.6) is 0 Å². The third kappa shape index (κ3) is 6.45. The molecule has 1 N–H and O–H groups in total. The number of aryl methyl sites for hydroxylation is 1. The van der Waals surface area contributed by atoms with Crippen molar-refractivity contribution in [3.8, 4) is 0 Å². The summed E-state index contributed by atoms with van der Waals surface area (Å²) in [5, 5.41) is 3.43. The zero-order chi connectivity index (χ0) is 15.0. The number of nitrogens with zero attached hydrogens (tertiary/aromatic N) is 1. The highest BCUT2D eigenvalue weighted by Gasteiger charge is 2.13. The maximum atomic E-state index is 3.43. The lowest BCUT2D eigenvalue weighted by Crippen LogP contribution is -2.42. The van der Waals surface area contributed by atoms with Crippen LogP contribution in [-0.2, 0) is 13.0 Å². The molecule has 1 aliphatic carbocycles. The molecule has 3 rings (SSSR count). The minimum Gasteiger partial charge on any atom is -0.314 e. The number of benzene rings is 1. The Bertz CT molecular complexity index is 437. The van der Waals surface area contributed by atoms with Gasteiger partial charge in [0.25, 0.3) is 0 Å². The molecule has 0 amide bonds. The number of rotatable bonds is 6. The fourth-order valence-electron chi connectivity index (χ4n) is 4.08. The van der Waals surface area contributed by atoms with E-state index in [-0.39, 0.29) is 12.4 Å². The topological polar surface area (TPSA) is 15.3 Å². The van der Waals surface area contributed by atoms with E-state index >= 15 is 0 Å². The maximum absolute atomic E-state index is 3.43. The van der Waals surface area contributed by atoms with Crippen molar-refractivity contribution in [3.05, 3.63) is 35.4 Å². The first-order valence-electron chi connectivity index (χ1n) is 9.41. The second-order valence-electron chi connectivity index (χ2n) is 7.24. The first kappa shape index (κ1) is 18.8. The molecule has 130 valence electrons. The van der Waals surface area contributed by atoms with E-state index in [0.717, 1.165) is 25.6 Å². The van der Waals surface area contributed by atoms with Gasteiger partial charge in [-0.25, -0.2) is 0 Å². The summed E-state index contributed by atoms with van der Waals surface area (Å²) in [6.07, 6.45) is 11.5. The van der Waals surface area contributed by atoms with E-state index in [2.05, 4.69) is 34.5 Å². The zero-order valence-electron chi connectivity index (χ0n) is 14.4. The fraction of sp³-hybridized carbons (Fsp3) is 0.700. The quantitative estimate of drug-likeness (QED) is 0.827. The third-order valence-electron chi connectivity index (χ3n) is 5.41. The van der Waals surface area contributed by atoms with Crippen molar-refractivity contribution in [1.82, 2.24) is 10.2 Å². The second-order valence-corrected chi connectivity index (χ2v) is 7.24. The van der Waals surface area contributed by atoms with E-state index in [4.69, 9.17) is 0 Å². The molecule has 1 heterocycles. The van der Waals surface area contributed by atoms with Gasteiger partial charge in [-0.2, -0.15) is 0 Å². The minimum absolute atomic E-state index is 0. The Morgan fingerprint density at radius 1 is 1.00 bits per heavy atom. The molecule has 3 heteroatoms. The van der Waals surface area contributed by atoms with E-state index in [9.17, 15) is 0 Å². The summed E-state index contributed by atoms with van der Waals surface area (Å²) in [6, 6.07) is 9.32. The predicted octanol–water partition coefficient (Wildman–Crippen LogP) is 4.42. The first-order chi connectivity index (χ1) is 10.9. The lowest BCUT2D eigenvalue weighted by atomic mass is 9.85. The van der Waals surface area contributed by atoms with Crippen LogP contribution in [0.3, 0.4) is 0 Å². The highest BCUT2D eigenvalue weighted by Crippen LogP contribution is 2.27. The summed E-state index contributed by atoms with van der Waals surface area (Å²) in [5.41, 5.74) is 3.04. The molecule has 1 aromatic rings. The van der Waals surface area contributed by atoms with Crippen LogP contribution >= 0.6 is 12.4 Å². The molecule has 0 aromatic heterocycles. The van der Waals surface area contributed by atoms with Gasteiger partial charge < -0.3 is 5.32 Å². The van der Waals surface area contributed by atoms with Crippen molar-refractivity contribution in [3.63, 3.8) is 0 Å². The predicted molar refractivity (Wildman–Crippen MR) is 101 cm³/mol. The van der Waals surface area contributed by atoms with Crippen molar-refractivity contribution >= 4 is 12.4 Å². The highest BCUT2D eigenvalue weighted by molar-refractivity contribution is 5.85. The summed E-state index contributed by atoms with van der Waals surface area (Å²) in [5.74, 6) is 1.03. The normalized spacial score (nSPS) is 20.2. The van der Waals surface area contributed by atoms with Gasteiger partial charge in [0.15, 0.2) is 0 Å². The van der Waals surface area contributed by atoms with Crippen LogP contribution in [0.25, 0.3) is 0 Å². The molecule has 0 atom stereocenters. The molecular formula is C20H33ClN2. The van der Waals surface area contributed by atoms with Crippen LogP contribution in [0.15, 0.2) is 24.3 Å². The minimum atomic E-state index is 0. The maximum Gasteiger partial charge on any atom is 0.0234 e. The van der Waals surface area contributed by atoms with Crippen LogP contribution in [0.2, 0.25) is 0 Å². The molecule has 1 aromatic carbocycles. The molecular weight excluding hydrogens is 304 g/mol. The van der Waals surface area contributed by atoms with Crippen molar-refractivity contribution in [2.45, 2.75) is 57.9 Å². The fourth-order valence-corrected chi connectivity index (χ4v) is 4.08. The molecule has 1 saturated carbocycles. The summed E-state index contributed by atoms with van der Waals surface area (Å²) in [4.78, 5) is 2.57. The Morgan fingerprint density at radius 3 is 2.52 bits per heavy atom. The molecule has 2 nitrogen and oxygen atoms in total. The Labute approximate surface area is 148 Å². The first-order valence-corrected chi connectivity index (χ1v) is 9.41. The van der Waals surface area contributed by atoms with Crippen molar-refractivity contribution in [2.24, 2.45) is 5.92 Å². The number of piperazine rings is 1.